The van der Waals surface area contributed by atoms with Gasteiger partial charge in [0.1, 0.15) is 0 Å². The van der Waals surface area contributed by atoms with Crippen LogP contribution in [0.15, 0.2) is 65.1 Å². The van der Waals surface area contributed by atoms with E-state index in [1.165, 1.54) is 16.3 Å². The van der Waals surface area contributed by atoms with E-state index in [9.17, 15) is 0 Å². The van der Waals surface area contributed by atoms with Crippen molar-refractivity contribution in [3.05, 3.63) is 81.8 Å². The molecule has 1 unspecified atom stereocenters. The topological polar surface area (TPSA) is 26.0 Å². The number of aryl methyl sites for hydroxylation is 1. The van der Waals surface area contributed by atoms with Gasteiger partial charge in [0.25, 0.3) is 0 Å². The van der Waals surface area contributed by atoms with Crippen molar-refractivity contribution in [1.29, 1.82) is 0 Å². The van der Waals surface area contributed by atoms with Gasteiger partial charge in [-0.1, -0.05) is 70.0 Å². The maximum Gasteiger partial charge on any atom is 0.0563 e. The van der Waals surface area contributed by atoms with Crippen molar-refractivity contribution in [3.8, 4) is 0 Å². The standard InChI is InChI=1S/C18H16BrN/c1-12-6-9-17(19)16(10-12)18(20)15-8-7-13-4-2-3-5-14(13)11-15/h2-11,18H,20H2,1H3. The minimum absolute atomic E-state index is 0.117. The van der Waals surface area contributed by atoms with Gasteiger partial charge in [0.2, 0.25) is 0 Å². The van der Waals surface area contributed by atoms with Gasteiger partial charge in [0.15, 0.2) is 0 Å². The third-order valence-electron chi connectivity index (χ3n) is 3.62. The van der Waals surface area contributed by atoms with Crippen molar-refractivity contribution >= 4 is 26.7 Å². The lowest BCUT2D eigenvalue weighted by atomic mass is 9.96. The Labute approximate surface area is 127 Å². The first-order valence-corrected chi connectivity index (χ1v) is 7.45. The van der Waals surface area contributed by atoms with Gasteiger partial charge >= 0.3 is 0 Å². The van der Waals surface area contributed by atoms with E-state index < -0.39 is 0 Å². The van der Waals surface area contributed by atoms with E-state index in [0.29, 0.717) is 0 Å². The van der Waals surface area contributed by atoms with E-state index in [0.717, 1.165) is 15.6 Å². The fraction of sp³-hybridized carbons (Fsp3) is 0.111. The molecule has 0 aliphatic carbocycles. The van der Waals surface area contributed by atoms with E-state index in [2.05, 4.69) is 83.5 Å². The lowest BCUT2D eigenvalue weighted by Crippen LogP contribution is -2.12. The number of halogens is 1. The summed E-state index contributed by atoms with van der Waals surface area (Å²) in [6.45, 7) is 2.09. The molecule has 3 rings (SSSR count). The van der Waals surface area contributed by atoms with E-state index in [1.54, 1.807) is 0 Å². The molecule has 2 N–H and O–H groups in total. The molecule has 0 spiro atoms. The number of benzene rings is 3. The lowest BCUT2D eigenvalue weighted by molar-refractivity contribution is 0.866. The summed E-state index contributed by atoms with van der Waals surface area (Å²) in [5.74, 6) is 0. The van der Waals surface area contributed by atoms with Crippen LogP contribution in [0.25, 0.3) is 10.8 Å². The van der Waals surface area contributed by atoms with Crippen LogP contribution in [-0.2, 0) is 0 Å². The molecule has 0 saturated heterocycles. The maximum atomic E-state index is 6.45. The van der Waals surface area contributed by atoms with E-state index in [-0.39, 0.29) is 6.04 Å². The quantitative estimate of drug-likeness (QED) is 0.708. The molecule has 0 aliphatic rings. The zero-order valence-electron chi connectivity index (χ0n) is 11.3. The maximum absolute atomic E-state index is 6.45. The second-order valence-electron chi connectivity index (χ2n) is 5.11. The molecule has 0 bridgehead atoms. The third kappa shape index (κ3) is 2.49. The minimum atomic E-state index is -0.117. The molecule has 0 aromatic heterocycles. The summed E-state index contributed by atoms with van der Waals surface area (Å²) >= 11 is 3.60. The van der Waals surface area contributed by atoms with Crippen LogP contribution in [0.3, 0.4) is 0 Å². The molecular formula is C18H16BrN. The number of nitrogens with two attached hydrogens (primary N) is 1. The Morgan fingerprint density at radius 3 is 2.45 bits per heavy atom. The Balaban J connectivity index is 2.07. The fourth-order valence-electron chi connectivity index (χ4n) is 2.48. The molecule has 3 aromatic carbocycles. The third-order valence-corrected chi connectivity index (χ3v) is 4.34. The summed E-state index contributed by atoms with van der Waals surface area (Å²) in [7, 11) is 0. The van der Waals surface area contributed by atoms with Crippen molar-refractivity contribution in [2.75, 3.05) is 0 Å². The average molecular weight is 326 g/mol. The molecule has 0 radical (unpaired) electrons. The second kappa shape index (κ2) is 5.39. The zero-order chi connectivity index (χ0) is 14.1. The Kier molecular flexibility index (Phi) is 3.60. The van der Waals surface area contributed by atoms with Gasteiger partial charge in [0.05, 0.1) is 6.04 Å². The monoisotopic (exact) mass is 325 g/mol. The Morgan fingerprint density at radius 2 is 1.65 bits per heavy atom. The fourth-order valence-corrected chi connectivity index (χ4v) is 2.98. The van der Waals surface area contributed by atoms with Gasteiger partial charge in [-0.2, -0.15) is 0 Å². The van der Waals surface area contributed by atoms with Gasteiger partial charge in [-0.05, 0) is 41.0 Å². The van der Waals surface area contributed by atoms with Crippen molar-refractivity contribution in [2.45, 2.75) is 13.0 Å². The smallest absolute Gasteiger partial charge is 0.0563 e. The highest BCUT2D eigenvalue weighted by Gasteiger charge is 2.12. The number of hydrogen-bond donors (Lipinski definition) is 1. The molecule has 0 heterocycles. The van der Waals surface area contributed by atoms with Crippen molar-refractivity contribution < 1.29 is 0 Å². The molecule has 2 heteroatoms. The summed E-state index contributed by atoms with van der Waals surface area (Å²) in [6.07, 6.45) is 0. The van der Waals surface area contributed by atoms with Gasteiger partial charge in [0, 0.05) is 4.47 Å². The summed E-state index contributed by atoms with van der Waals surface area (Å²) in [5.41, 5.74) is 9.93. The van der Waals surface area contributed by atoms with Gasteiger partial charge in [-0.15, -0.1) is 0 Å². The lowest BCUT2D eigenvalue weighted by Gasteiger charge is -2.16. The molecule has 100 valence electrons. The van der Waals surface area contributed by atoms with Gasteiger partial charge in [-0.3, -0.25) is 0 Å². The molecule has 0 fully saturated rings. The van der Waals surface area contributed by atoms with Crippen LogP contribution in [0.2, 0.25) is 0 Å². The average Bonchev–Trinajstić information content (AvgIpc) is 2.48. The largest absolute Gasteiger partial charge is 0.320 e. The predicted molar refractivity (Wildman–Crippen MR) is 88.9 cm³/mol. The van der Waals surface area contributed by atoms with Crippen LogP contribution in [0, 0.1) is 6.92 Å². The van der Waals surface area contributed by atoms with Crippen LogP contribution >= 0.6 is 15.9 Å². The molecule has 0 saturated carbocycles. The first-order valence-electron chi connectivity index (χ1n) is 6.65. The summed E-state index contributed by atoms with van der Waals surface area (Å²) < 4.78 is 1.06. The predicted octanol–water partition coefficient (Wildman–Crippen LogP) is 4.96. The van der Waals surface area contributed by atoms with E-state index >= 15 is 0 Å². The highest BCUT2D eigenvalue weighted by molar-refractivity contribution is 9.10. The van der Waals surface area contributed by atoms with Crippen LogP contribution < -0.4 is 5.73 Å². The normalized spacial score (nSPS) is 12.6. The van der Waals surface area contributed by atoms with Gasteiger partial charge < -0.3 is 5.73 Å². The minimum Gasteiger partial charge on any atom is -0.320 e. The van der Waals surface area contributed by atoms with Crippen molar-refractivity contribution in [1.82, 2.24) is 0 Å². The Morgan fingerprint density at radius 1 is 0.900 bits per heavy atom. The van der Waals surface area contributed by atoms with Crippen molar-refractivity contribution in [2.24, 2.45) is 5.73 Å². The molecule has 0 amide bonds. The highest BCUT2D eigenvalue weighted by atomic mass is 79.9. The summed E-state index contributed by atoms with van der Waals surface area (Å²) in [6, 6.07) is 20.9. The summed E-state index contributed by atoms with van der Waals surface area (Å²) in [5, 5.41) is 2.47. The molecular weight excluding hydrogens is 310 g/mol. The van der Waals surface area contributed by atoms with Gasteiger partial charge in [-0.25, -0.2) is 0 Å². The Hall–Kier alpha value is -1.64. The molecule has 0 aliphatic heterocycles. The van der Waals surface area contributed by atoms with Crippen LogP contribution in [-0.4, -0.2) is 0 Å². The SMILES string of the molecule is Cc1ccc(Br)c(C(N)c2ccc3ccccc3c2)c1. The number of rotatable bonds is 2. The molecule has 1 nitrogen and oxygen atoms in total. The number of fused-ring (bicyclic) bond motifs is 1. The van der Waals surface area contributed by atoms with Crippen LogP contribution in [0.4, 0.5) is 0 Å². The molecule has 20 heavy (non-hydrogen) atoms. The first kappa shape index (κ1) is 13.3. The summed E-state index contributed by atoms with van der Waals surface area (Å²) in [4.78, 5) is 0. The zero-order valence-corrected chi connectivity index (χ0v) is 12.9. The van der Waals surface area contributed by atoms with E-state index in [1.807, 2.05) is 0 Å². The van der Waals surface area contributed by atoms with Crippen LogP contribution in [0.1, 0.15) is 22.7 Å². The Bertz CT molecular complexity index is 764. The first-order chi connectivity index (χ1) is 9.65. The number of hydrogen-bond acceptors (Lipinski definition) is 1. The van der Waals surface area contributed by atoms with E-state index in [4.69, 9.17) is 5.73 Å². The molecule has 3 aromatic rings. The highest BCUT2D eigenvalue weighted by Crippen LogP contribution is 2.29. The second-order valence-corrected chi connectivity index (χ2v) is 5.96. The van der Waals surface area contributed by atoms with Crippen molar-refractivity contribution in [3.63, 3.8) is 0 Å². The molecule has 1 atom stereocenters. The van der Waals surface area contributed by atoms with Crippen LogP contribution in [0.5, 0.6) is 0 Å².